The molecule has 0 fully saturated rings. The minimum atomic E-state index is -2.34. The lowest BCUT2D eigenvalue weighted by atomic mass is 10.4. The van der Waals surface area contributed by atoms with Gasteiger partial charge in [-0.15, -0.1) is 5.10 Å². The zero-order chi connectivity index (χ0) is 16.4. The molecule has 0 aromatic carbocycles. The Hall–Kier alpha value is -1.64. The van der Waals surface area contributed by atoms with E-state index >= 15 is 0 Å². The molecular weight excluding hydrogens is 366 g/mol. The predicted octanol–water partition coefficient (Wildman–Crippen LogP) is 3.57. The summed E-state index contributed by atoms with van der Waals surface area (Å²) in [5.74, 6) is -2.20. The van der Waals surface area contributed by atoms with Crippen LogP contribution in [0, 0.1) is 0 Å². The standard InChI is InChI=1S/C11H6Cl3F2N3O3/c12-4-1-5(13)9(17-3-4)19-8(11(20)21)7(14)10(18-19)22-6(16)2-15/h1,3,6H,2H2,(H,20,21). The van der Waals surface area contributed by atoms with E-state index in [-0.39, 0.29) is 15.9 Å². The lowest BCUT2D eigenvalue weighted by molar-refractivity contribution is 0.0391. The van der Waals surface area contributed by atoms with Crippen LogP contribution in [0.25, 0.3) is 5.82 Å². The van der Waals surface area contributed by atoms with E-state index in [1.807, 2.05) is 0 Å². The molecule has 0 amide bonds. The Balaban J connectivity index is 2.59. The number of halogens is 5. The molecule has 118 valence electrons. The molecule has 2 rings (SSSR count). The van der Waals surface area contributed by atoms with Crippen molar-refractivity contribution in [2.45, 2.75) is 6.36 Å². The van der Waals surface area contributed by atoms with E-state index in [0.717, 1.165) is 4.68 Å². The molecule has 6 nitrogen and oxygen atoms in total. The van der Waals surface area contributed by atoms with Gasteiger partial charge in [0, 0.05) is 6.20 Å². The molecule has 0 spiro atoms. The van der Waals surface area contributed by atoms with Gasteiger partial charge in [0.2, 0.25) is 0 Å². The number of alkyl halides is 2. The van der Waals surface area contributed by atoms with Crippen molar-refractivity contribution >= 4 is 40.8 Å². The van der Waals surface area contributed by atoms with Gasteiger partial charge in [-0.2, -0.15) is 4.39 Å². The van der Waals surface area contributed by atoms with E-state index in [4.69, 9.17) is 34.8 Å². The third-order valence-electron chi connectivity index (χ3n) is 2.35. The fourth-order valence-electron chi connectivity index (χ4n) is 1.51. The molecule has 0 aliphatic carbocycles. The third kappa shape index (κ3) is 3.23. The summed E-state index contributed by atoms with van der Waals surface area (Å²) in [6, 6.07) is 1.30. The van der Waals surface area contributed by atoms with Gasteiger partial charge >= 0.3 is 5.97 Å². The number of pyridine rings is 1. The number of aromatic nitrogens is 3. The van der Waals surface area contributed by atoms with Crippen molar-refractivity contribution in [2.75, 3.05) is 6.67 Å². The maximum absolute atomic E-state index is 13.0. The Morgan fingerprint density at radius 1 is 1.45 bits per heavy atom. The van der Waals surface area contributed by atoms with Crippen molar-refractivity contribution in [3.05, 3.63) is 33.0 Å². The Morgan fingerprint density at radius 2 is 2.14 bits per heavy atom. The summed E-state index contributed by atoms with van der Waals surface area (Å²) in [6.07, 6.45) is -1.14. The SMILES string of the molecule is O=C(O)c1c(Cl)c(OC(F)CF)nn1-c1ncc(Cl)cc1Cl. The highest BCUT2D eigenvalue weighted by Gasteiger charge is 2.27. The van der Waals surface area contributed by atoms with E-state index < -0.39 is 35.6 Å². The van der Waals surface area contributed by atoms with Gasteiger partial charge in [0.15, 0.2) is 18.2 Å². The van der Waals surface area contributed by atoms with E-state index in [9.17, 15) is 18.7 Å². The maximum atomic E-state index is 13.0. The van der Waals surface area contributed by atoms with Crippen molar-refractivity contribution < 1.29 is 23.4 Å². The van der Waals surface area contributed by atoms with Crippen LogP contribution in [0.4, 0.5) is 8.78 Å². The van der Waals surface area contributed by atoms with Crippen molar-refractivity contribution in [1.82, 2.24) is 14.8 Å². The second-order valence-corrected chi connectivity index (χ2v) is 5.05. The molecule has 0 aliphatic rings. The second kappa shape index (κ2) is 6.64. The summed E-state index contributed by atoms with van der Waals surface area (Å²) in [6.45, 7) is -1.45. The number of aromatic carboxylic acids is 1. The fraction of sp³-hybridized carbons (Fsp3) is 0.182. The van der Waals surface area contributed by atoms with Crippen LogP contribution in [0.3, 0.4) is 0 Å². The van der Waals surface area contributed by atoms with Crippen LogP contribution in [-0.2, 0) is 0 Å². The highest BCUT2D eigenvalue weighted by atomic mass is 35.5. The van der Waals surface area contributed by atoms with Gasteiger partial charge in [0.1, 0.15) is 5.02 Å². The van der Waals surface area contributed by atoms with Gasteiger partial charge in [0.05, 0.1) is 10.0 Å². The number of carboxylic acids is 1. The molecule has 1 N–H and O–H groups in total. The lowest BCUT2D eigenvalue weighted by Crippen LogP contribution is -2.13. The summed E-state index contributed by atoms with van der Waals surface area (Å²) < 4.78 is 30.3. The third-order valence-corrected chi connectivity index (χ3v) is 3.18. The van der Waals surface area contributed by atoms with Crippen LogP contribution >= 0.6 is 34.8 Å². The molecule has 0 radical (unpaired) electrons. The Bertz CT molecular complexity index is 726. The first-order valence-electron chi connectivity index (χ1n) is 5.55. The number of hydrogen-bond acceptors (Lipinski definition) is 4. The zero-order valence-corrected chi connectivity index (χ0v) is 12.7. The summed E-state index contributed by atoms with van der Waals surface area (Å²) in [4.78, 5) is 15.1. The first kappa shape index (κ1) is 16.7. The lowest BCUT2D eigenvalue weighted by Gasteiger charge is -2.05. The number of nitrogens with zero attached hydrogens (tertiary/aromatic N) is 3. The van der Waals surface area contributed by atoms with Gasteiger partial charge in [-0.05, 0) is 6.07 Å². The minimum Gasteiger partial charge on any atom is -0.476 e. The van der Waals surface area contributed by atoms with Crippen LogP contribution in [0.5, 0.6) is 5.88 Å². The molecule has 1 unspecified atom stereocenters. The predicted molar refractivity (Wildman–Crippen MR) is 74.8 cm³/mol. The molecule has 2 aromatic rings. The van der Waals surface area contributed by atoms with Crippen molar-refractivity contribution in [3.63, 3.8) is 0 Å². The maximum Gasteiger partial charge on any atom is 0.356 e. The minimum absolute atomic E-state index is 0.0250. The number of ether oxygens (including phenoxy) is 1. The van der Waals surface area contributed by atoms with Gasteiger partial charge in [-0.25, -0.2) is 18.9 Å². The average Bonchev–Trinajstić information content (AvgIpc) is 2.75. The van der Waals surface area contributed by atoms with Crippen molar-refractivity contribution in [3.8, 4) is 11.7 Å². The van der Waals surface area contributed by atoms with Crippen LogP contribution in [-0.4, -0.2) is 38.9 Å². The van der Waals surface area contributed by atoms with Gasteiger partial charge in [0.25, 0.3) is 12.2 Å². The molecule has 2 heterocycles. The summed E-state index contributed by atoms with van der Waals surface area (Å²) >= 11 is 17.4. The van der Waals surface area contributed by atoms with Gasteiger partial charge < -0.3 is 9.84 Å². The molecule has 0 aliphatic heterocycles. The van der Waals surface area contributed by atoms with Crippen molar-refractivity contribution in [1.29, 1.82) is 0 Å². The average molecular weight is 373 g/mol. The molecule has 0 saturated carbocycles. The number of carbonyl (C=O) groups is 1. The fourth-order valence-corrected chi connectivity index (χ4v) is 2.21. The number of rotatable bonds is 5. The van der Waals surface area contributed by atoms with Crippen LogP contribution in [0.15, 0.2) is 12.3 Å². The largest absolute Gasteiger partial charge is 0.476 e. The Morgan fingerprint density at radius 3 is 2.68 bits per heavy atom. The van der Waals surface area contributed by atoms with E-state index in [1.165, 1.54) is 12.3 Å². The molecule has 2 aromatic heterocycles. The van der Waals surface area contributed by atoms with E-state index in [0.29, 0.717) is 0 Å². The smallest absolute Gasteiger partial charge is 0.356 e. The molecule has 1 atom stereocenters. The zero-order valence-electron chi connectivity index (χ0n) is 10.4. The van der Waals surface area contributed by atoms with Crippen LogP contribution < -0.4 is 4.74 Å². The highest BCUT2D eigenvalue weighted by Crippen LogP contribution is 2.32. The highest BCUT2D eigenvalue weighted by molar-refractivity contribution is 6.36. The van der Waals surface area contributed by atoms with Gasteiger partial charge in [-0.3, -0.25) is 0 Å². The Labute approximate surface area is 137 Å². The van der Waals surface area contributed by atoms with E-state index in [1.54, 1.807) is 0 Å². The Kier molecular flexibility index (Phi) is 5.05. The van der Waals surface area contributed by atoms with Gasteiger partial charge in [-0.1, -0.05) is 34.8 Å². The topological polar surface area (TPSA) is 77.2 Å². The summed E-state index contributed by atoms with van der Waals surface area (Å²) in [5.41, 5.74) is -0.570. The van der Waals surface area contributed by atoms with E-state index in [2.05, 4.69) is 14.8 Å². The molecule has 22 heavy (non-hydrogen) atoms. The normalized spacial score (nSPS) is 12.2. The van der Waals surface area contributed by atoms with Crippen LogP contribution in [0.1, 0.15) is 10.5 Å². The second-order valence-electron chi connectivity index (χ2n) is 3.83. The summed E-state index contributed by atoms with van der Waals surface area (Å²) in [5, 5.41) is 12.5. The first-order valence-corrected chi connectivity index (χ1v) is 6.68. The molecule has 0 bridgehead atoms. The molecular formula is C11H6Cl3F2N3O3. The number of hydrogen-bond donors (Lipinski definition) is 1. The molecule has 11 heteroatoms. The number of carboxylic acid groups (broad SMARTS) is 1. The first-order chi connectivity index (χ1) is 10.3. The monoisotopic (exact) mass is 371 g/mol. The quantitative estimate of drug-likeness (QED) is 0.868. The molecule has 0 saturated heterocycles. The van der Waals surface area contributed by atoms with Crippen molar-refractivity contribution in [2.24, 2.45) is 0 Å². The summed E-state index contributed by atoms with van der Waals surface area (Å²) in [7, 11) is 0. The van der Waals surface area contributed by atoms with Crippen LogP contribution in [0.2, 0.25) is 15.1 Å².